The monoisotopic (exact) mass is 556 g/mol. The fraction of sp³-hybridized carbons (Fsp3) is 0.133. The second kappa shape index (κ2) is 12.1. The van der Waals surface area contributed by atoms with Crippen molar-refractivity contribution in [1.82, 2.24) is 0 Å². The molecule has 0 saturated heterocycles. The molecule has 0 aromatic heterocycles. The number of nitrogens with zero attached hydrogens (tertiary/aromatic N) is 1. The highest BCUT2D eigenvalue weighted by Crippen LogP contribution is 2.38. The van der Waals surface area contributed by atoms with Gasteiger partial charge in [-0.05, 0) is 93.3 Å². The Labute approximate surface area is 224 Å². The Morgan fingerprint density at radius 3 is 2.46 bits per heavy atom. The molecule has 0 bridgehead atoms. The highest BCUT2D eigenvalue weighted by Gasteiger charge is 2.15. The lowest BCUT2D eigenvalue weighted by molar-refractivity contribution is -0.112. The second-order valence-corrected chi connectivity index (χ2v) is 8.94. The fourth-order valence-electron chi connectivity index (χ4n) is 3.76. The van der Waals surface area contributed by atoms with Gasteiger partial charge >= 0.3 is 0 Å². The molecule has 7 heteroatoms. The van der Waals surface area contributed by atoms with Crippen LogP contribution in [0.5, 0.6) is 17.2 Å². The van der Waals surface area contributed by atoms with Gasteiger partial charge in [-0.15, -0.1) is 0 Å². The summed E-state index contributed by atoms with van der Waals surface area (Å²) in [6, 6.07) is 26.8. The highest BCUT2D eigenvalue weighted by atomic mass is 79.9. The average Bonchev–Trinajstić information content (AvgIpc) is 2.91. The van der Waals surface area contributed by atoms with Gasteiger partial charge in [-0.3, -0.25) is 4.79 Å². The quantitative estimate of drug-likeness (QED) is 0.175. The Bertz CT molecular complexity index is 1490. The van der Waals surface area contributed by atoms with Gasteiger partial charge in [-0.2, -0.15) is 5.26 Å². The number of anilines is 1. The van der Waals surface area contributed by atoms with Gasteiger partial charge in [0.05, 0.1) is 18.2 Å². The van der Waals surface area contributed by atoms with E-state index in [1.54, 1.807) is 43.5 Å². The summed E-state index contributed by atoms with van der Waals surface area (Å²) in [5, 5.41) is 14.7. The Kier molecular flexibility index (Phi) is 8.44. The van der Waals surface area contributed by atoms with E-state index >= 15 is 0 Å². The van der Waals surface area contributed by atoms with E-state index < -0.39 is 5.91 Å². The van der Waals surface area contributed by atoms with E-state index in [-0.39, 0.29) is 5.57 Å². The van der Waals surface area contributed by atoms with Crippen LogP contribution in [0.3, 0.4) is 0 Å². The van der Waals surface area contributed by atoms with Crippen LogP contribution in [0, 0.1) is 11.3 Å². The largest absolute Gasteiger partial charge is 0.494 e. The van der Waals surface area contributed by atoms with Crippen molar-refractivity contribution < 1.29 is 19.0 Å². The number of carbonyl (C=O) groups is 1. The SMILES string of the molecule is CCOc1ccc(NC(=O)C(C#N)=Cc2cc(Br)c(OCc3ccc4ccccc4c3)c(OC)c2)cc1. The number of nitriles is 1. The molecule has 4 aromatic rings. The molecular weight excluding hydrogens is 532 g/mol. The number of rotatable bonds is 9. The summed E-state index contributed by atoms with van der Waals surface area (Å²) in [7, 11) is 1.54. The molecule has 37 heavy (non-hydrogen) atoms. The summed E-state index contributed by atoms with van der Waals surface area (Å²) >= 11 is 3.54. The van der Waals surface area contributed by atoms with E-state index in [0.717, 1.165) is 10.9 Å². The van der Waals surface area contributed by atoms with Crippen molar-refractivity contribution in [2.45, 2.75) is 13.5 Å². The first-order chi connectivity index (χ1) is 18.0. The van der Waals surface area contributed by atoms with Gasteiger partial charge in [-0.25, -0.2) is 0 Å². The van der Waals surface area contributed by atoms with Gasteiger partial charge in [-0.1, -0.05) is 36.4 Å². The smallest absolute Gasteiger partial charge is 0.266 e. The van der Waals surface area contributed by atoms with E-state index in [2.05, 4.69) is 45.5 Å². The molecule has 4 rings (SSSR count). The van der Waals surface area contributed by atoms with Gasteiger partial charge in [0.15, 0.2) is 11.5 Å². The molecule has 0 heterocycles. The third-order valence-electron chi connectivity index (χ3n) is 5.55. The first-order valence-corrected chi connectivity index (χ1v) is 12.4. The molecule has 0 fully saturated rings. The van der Waals surface area contributed by atoms with Crippen LogP contribution in [-0.2, 0) is 11.4 Å². The second-order valence-electron chi connectivity index (χ2n) is 8.09. The molecule has 4 aromatic carbocycles. The zero-order valence-electron chi connectivity index (χ0n) is 20.5. The number of hydrogen-bond donors (Lipinski definition) is 1. The van der Waals surface area contributed by atoms with Crippen LogP contribution >= 0.6 is 15.9 Å². The van der Waals surface area contributed by atoms with Crippen molar-refractivity contribution in [2.75, 3.05) is 19.0 Å². The Hall–Kier alpha value is -4.28. The number of ether oxygens (including phenoxy) is 3. The van der Waals surface area contributed by atoms with Crippen LogP contribution in [0.2, 0.25) is 0 Å². The first-order valence-electron chi connectivity index (χ1n) is 11.6. The van der Waals surface area contributed by atoms with E-state index in [9.17, 15) is 10.1 Å². The van der Waals surface area contributed by atoms with Crippen molar-refractivity contribution >= 4 is 44.4 Å². The summed E-state index contributed by atoms with van der Waals surface area (Å²) in [5.74, 6) is 1.20. The number of fused-ring (bicyclic) bond motifs is 1. The molecule has 186 valence electrons. The van der Waals surface area contributed by atoms with Gasteiger partial charge in [0.25, 0.3) is 5.91 Å². The summed E-state index contributed by atoms with van der Waals surface area (Å²) in [6.45, 7) is 2.80. The molecule has 6 nitrogen and oxygen atoms in total. The topological polar surface area (TPSA) is 80.6 Å². The van der Waals surface area contributed by atoms with E-state index in [1.807, 2.05) is 31.2 Å². The molecule has 0 aliphatic heterocycles. The van der Waals surface area contributed by atoms with Crippen molar-refractivity contribution in [3.05, 3.63) is 100 Å². The molecule has 0 unspecified atom stereocenters. The predicted molar refractivity (Wildman–Crippen MR) is 149 cm³/mol. The normalized spacial score (nSPS) is 11.0. The van der Waals surface area contributed by atoms with E-state index in [1.165, 1.54) is 11.5 Å². The minimum Gasteiger partial charge on any atom is -0.494 e. The highest BCUT2D eigenvalue weighted by molar-refractivity contribution is 9.10. The number of benzene rings is 4. The summed E-state index contributed by atoms with van der Waals surface area (Å²) in [6.07, 6.45) is 1.50. The fourth-order valence-corrected chi connectivity index (χ4v) is 4.34. The third kappa shape index (κ3) is 6.49. The lowest BCUT2D eigenvalue weighted by Gasteiger charge is -2.14. The third-order valence-corrected chi connectivity index (χ3v) is 6.14. The van der Waals surface area contributed by atoms with E-state index in [0.29, 0.717) is 46.2 Å². The van der Waals surface area contributed by atoms with Gasteiger partial charge < -0.3 is 19.5 Å². The summed E-state index contributed by atoms with van der Waals surface area (Å²) in [5.41, 5.74) is 2.15. The van der Waals surface area contributed by atoms with Crippen LogP contribution in [0.4, 0.5) is 5.69 Å². The Balaban J connectivity index is 1.50. The number of carbonyl (C=O) groups excluding carboxylic acids is 1. The van der Waals surface area contributed by atoms with Crippen molar-refractivity contribution in [3.8, 4) is 23.3 Å². The standard InChI is InChI=1S/C30H25BrN2O4/c1-3-36-26-12-10-25(11-13-26)33-30(34)24(18-32)15-21-16-27(31)29(28(17-21)35-2)37-19-20-8-9-22-6-4-5-7-23(22)14-20/h4-17H,3,19H2,1-2H3,(H,33,34). The number of hydrogen-bond acceptors (Lipinski definition) is 5. The molecular formula is C30H25BrN2O4. The number of nitrogens with one attached hydrogen (secondary N) is 1. The van der Waals surface area contributed by atoms with Crippen molar-refractivity contribution in [1.29, 1.82) is 5.26 Å². The van der Waals surface area contributed by atoms with Crippen LogP contribution in [-0.4, -0.2) is 19.6 Å². The molecule has 1 N–H and O–H groups in total. The maximum absolute atomic E-state index is 12.7. The predicted octanol–water partition coefficient (Wildman–Crippen LogP) is 7.13. The molecule has 0 atom stereocenters. The lowest BCUT2D eigenvalue weighted by atomic mass is 10.1. The van der Waals surface area contributed by atoms with Crippen molar-refractivity contribution in [2.24, 2.45) is 0 Å². The zero-order valence-corrected chi connectivity index (χ0v) is 22.0. The number of amides is 1. The zero-order chi connectivity index (χ0) is 26.2. The molecule has 0 aliphatic carbocycles. The molecule has 0 saturated carbocycles. The van der Waals surface area contributed by atoms with Gasteiger partial charge in [0.1, 0.15) is 24.0 Å². The van der Waals surface area contributed by atoms with Gasteiger partial charge in [0, 0.05) is 5.69 Å². The Morgan fingerprint density at radius 2 is 1.76 bits per heavy atom. The van der Waals surface area contributed by atoms with Crippen LogP contribution in [0.15, 0.2) is 88.9 Å². The summed E-state index contributed by atoms with van der Waals surface area (Å²) < 4.78 is 17.7. The minimum absolute atomic E-state index is 0.0485. The van der Waals surface area contributed by atoms with Gasteiger partial charge in [0.2, 0.25) is 0 Å². The first kappa shape index (κ1) is 25.8. The lowest BCUT2D eigenvalue weighted by Crippen LogP contribution is -2.13. The maximum atomic E-state index is 12.7. The molecule has 0 spiro atoms. The molecule has 0 radical (unpaired) electrons. The number of methoxy groups -OCH3 is 1. The van der Waals surface area contributed by atoms with Crippen LogP contribution in [0.1, 0.15) is 18.1 Å². The minimum atomic E-state index is -0.515. The van der Waals surface area contributed by atoms with Crippen LogP contribution < -0.4 is 19.5 Å². The van der Waals surface area contributed by atoms with Crippen molar-refractivity contribution in [3.63, 3.8) is 0 Å². The van der Waals surface area contributed by atoms with E-state index in [4.69, 9.17) is 14.2 Å². The maximum Gasteiger partial charge on any atom is 0.266 e. The Morgan fingerprint density at radius 1 is 1.00 bits per heavy atom. The summed E-state index contributed by atoms with van der Waals surface area (Å²) in [4.78, 5) is 12.7. The molecule has 0 aliphatic rings. The van der Waals surface area contributed by atoms with Crippen LogP contribution in [0.25, 0.3) is 16.8 Å². The number of halogens is 1. The average molecular weight is 557 g/mol. The molecule has 1 amide bonds.